The van der Waals surface area contributed by atoms with Gasteiger partial charge in [-0.2, -0.15) is 5.10 Å². The van der Waals surface area contributed by atoms with Crippen molar-refractivity contribution < 1.29 is 9.18 Å². The van der Waals surface area contributed by atoms with Gasteiger partial charge in [-0.1, -0.05) is 43.2 Å². The van der Waals surface area contributed by atoms with Crippen LogP contribution in [0.25, 0.3) is 5.69 Å². The lowest BCUT2D eigenvalue weighted by Gasteiger charge is -2.33. The van der Waals surface area contributed by atoms with Gasteiger partial charge in [0.1, 0.15) is 5.82 Å². The summed E-state index contributed by atoms with van der Waals surface area (Å²) in [5.41, 5.74) is 2.34. The summed E-state index contributed by atoms with van der Waals surface area (Å²) in [5.74, 6) is -0.171. The number of hydrogen-bond acceptors (Lipinski definition) is 2. The first-order valence-corrected chi connectivity index (χ1v) is 9.69. The van der Waals surface area contributed by atoms with Gasteiger partial charge in [0, 0.05) is 25.4 Å². The molecule has 144 valence electrons. The van der Waals surface area contributed by atoms with Crippen molar-refractivity contribution in [2.24, 2.45) is 0 Å². The van der Waals surface area contributed by atoms with E-state index in [1.54, 1.807) is 23.2 Å². The minimum atomic E-state index is -0.544. The van der Waals surface area contributed by atoms with Gasteiger partial charge in [0.2, 0.25) is 5.91 Å². The number of hydrogen-bond donors (Lipinski definition) is 0. The van der Waals surface area contributed by atoms with Gasteiger partial charge < -0.3 is 4.90 Å². The molecule has 0 unspecified atom stereocenters. The number of aromatic nitrogens is 2. The van der Waals surface area contributed by atoms with Crippen LogP contribution in [0.15, 0.2) is 67.0 Å². The number of amides is 1. The number of likely N-dealkylation sites (N-methyl/N-ethyl adjacent to an activating group) is 1. The van der Waals surface area contributed by atoms with Gasteiger partial charge >= 0.3 is 0 Å². The van der Waals surface area contributed by atoms with Crippen LogP contribution in [0, 0.1) is 5.82 Å². The third kappa shape index (κ3) is 3.44. The average Bonchev–Trinajstić information content (AvgIpc) is 3.39. The summed E-state index contributed by atoms with van der Waals surface area (Å²) in [4.78, 5) is 15.2. The molecule has 4 nitrogen and oxygen atoms in total. The Balaban J connectivity index is 1.54. The molecule has 1 aliphatic carbocycles. The second-order valence-corrected chi connectivity index (χ2v) is 7.59. The second-order valence-electron chi connectivity index (χ2n) is 7.59. The molecular weight excluding hydrogens is 353 g/mol. The second kappa shape index (κ2) is 7.58. The molecule has 0 saturated heterocycles. The number of rotatable bonds is 5. The molecule has 1 aliphatic rings. The Labute approximate surface area is 164 Å². The highest BCUT2D eigenvalue weighted by Crippen LogP contribution is 2.42. The molecule has 28 heavy (non-hydrogen) atoms. The Morgan fingerprint density at radius 3 is 2.46 bits per heavy atom. The summed E-state index contributed by atoms with van der Waals surface area (Å²) < 4.78 is 15.2. The topological polar surface area (TPSA) is 38.1 Å². The van der Waals surface area contributed by atoms with Crippen LogP contribution in [-0.2, 0) is 16.8 Å². The lowest BCUT2D eigenvalue weighted by molar-refractivity contribution is -0.136. The zero-order valence-corrected chi connectivity index (χ0v) is 16.0. The molecule has 5 heteroatoms. The van der Waals surface area contributed by atoms with Crippen LogP contribution >= 0.6 is 0 Å². The number of carbonyl (C=O) groups is 1. The fourth-order valence-corrected chi connectivity index (χ4v) is 4.25. The molecule has 1 fully saturated rings. The summed E-state index contributed by atoms with van der Waals surface area (Å²) >= 11 is 0. The van der Waals surface area contributed by atoms with E-state index in [0.29, 0.717) is 6.54 Å². The van der Waals surface area contributed by atoms with Crippen LogP contribution in [0.5, 0.6) is 0 Å². The van der Waals surface area contributed by atoms with Gasteiger partial charge in [0.15, 0.2) is 0 Å². The molecule has 1 saturated carbocycles. The molecule has 3 aromatic rings. The largest absolute Gasteiger partial charge is 0.341 e. The van der Waals surface area contributed by atoms with Gasteiger partial charge in [0.25, 0.3) is 0 Å². The standard InChI is InChI=1S/C23H24FN3O/c1-26(16-18-15-25-27(17-18)21-7-3-2-4-8-21)22(28)23(13-5-6-14-23)19-9-11-20(24)12-10-19/h2-4,7-12,15,17H,5-6,13-14,16H2,1H3. The number of para-hydroxylation sites is 1. The summed E-state index contributed by atoms with van der Waals surface area (Å²) in [7, 11) is 1.84. The first kappa shape index (κ1) is 18.4. The maximum atomic E-state index is 13.4. The Morgan fingerprint density at radius 2 is 1.79 bits per heavy atom. The summed E-state index contributed by atoms with van der Waals surface area (Å²) in [5, 5.41) is 4.42. The third-order valence-electron chi connectivity index (χ3n) is 5.69. The summed E-state index contributed by atoms with van der Waals surface area (Å²) in [6.45, 7) is 0.495. The van der Waals surface area contributed by atoms with Gasteiger partial charge in [-0.25, -0.2) is 9.07 Å². The van der Waals surface area contributed by atoms with Crippen molar-refractivity contribution in [3.05, 3.63) is 83.9 Å². The fourth-order valence-electron chi connectivity index (χ4n) is 4.25. The predicted octanol–water partition coefficient (Wildman–Crippen LogP) is 4.48. The van der Waals surface area contributed by atoms with E-state index in [-0.39, 0.29) is 11.7 Å². The fraction of sp³-hybridized carbons (Fsp3) is 0.304. The van der Waals surface area contributed by atoms with Crippen LogP contribution in [0.1, 0.15) is 36.8 Å². The smallest absolute Gasteiger partial charge is 0.233 e. The normalized spacial score (nSPS) is 15.5. The maximum Gasteiger partial charge on any atom is 0.233 e. The van der Waals surface area contributed by atoms with Crippen molar-refractivity contribution in [1.82, 2.24) is 14.7 Å². The quantitative estimate of drug-likeness (QED) is 0.657. The van der Waals surface area contributed by atoms with Crippen LogP contribution in [0.4, 0.5) is 4.39 Å². The van der Waals surface area contributed by atoms with E-state index in [1.807, 2.05) is 48.3 Å². The van der Waals surface area contributed by atoms with Crippen molar-refractivity contribution in [2.75, 3.05) is 7.05 Å². The van der Waals surface area contributed by atoms with E-state index < -0.39 is 5.41 Å². The Bertz CT molecular complexity index is 943. The van der Waals surface area contributed by atoms with Crippen molar-refractivity contribution in [2.45, 2.75) is 37.6 Å². The Hall–Kier alpha value is -2.95. The maximum absolute atomic E-state index is 13.4. The molecule has 0 aliphatic heterocycles. The number of nitrogens with zero attached hydrogens (tertiary/aromatic N) is 3. The van der Waals surface area contributed by atoms with E-state index in [4.69, 9.17) is 0 Å². The van der Waals surface area contributed by atoms with Gasteiger partial charge in [-0.15, -0.1) is 0 Å². The third-order valence-corrected chi connectivity index (χ3v) is 5.69. The lowest BCUT2D eigenvalue weighted by Crippen LogP contribution is -2.43. The summed E-state index contributed by atoms with van der Waals surface area (Å²) in [6.07, 6.45) is 7.41. The van der Waals surface area contributed by atoms with Crippen molar-refractivity contribution in [3.63, 3.8) is 0 Å². The lowest BCUT2D eigenvalue weighted by atomic mass is 9.77. The van der Waals surface area contributed by atoms with Gasteiger partial charge in [-0.05, 0) is 42.7 Å². The van der Waals surface area contributed by atoms with Crippen LogP contribution in [0.2, 0.25) is 0 Å². The Morgan fingerprint density at radius 1 is 1.11 bits per heavy atom. The van der Waals surface area contributed by atoms with Crippen molar-refractivity contribution >= 4 is 5.91 Å². The molecule has 0 atom stereocenters. The van der Waals surface area contributed by atoms with Crippen molar-refractivity contribution in [3.8, 4) is 5.69 Å². The molecule has 0 N–H and O–H groups in total. The molecule has 1 aromatic heterocycles. The highest BCUT2D eigenvalue weighted by atomic mass is 19.1. The van der Waals surface area contributed by atoms with E-state index in [1.165, 1.54) is 12.1 Å². The zero-order chi connectivity index (χ0) is 19.6. The van der Waals surface area contributed by atoms with E-state index in [9.17, 15) is 9.18 Å². The van der Waals surface area contributed by atoms with Crippen molar-refractivity contribution in [1.29, 1.82) is 0 Å². The van der Waals surface area contributed by atoms with Gasteiger partial charge in [0.05, 0.1) is 17.3 Å². The minimum Gasteiger partial charge on any atom is -0.341 e. The van der Waals surface area contributed by atoms with Crippen LogP contribution in [-0.4, -0.2) is 27.6 Å². The molecule has 2 aromatic carbocycles. The number of benzene rings is 2. The highest BCUT2D eigenvalue weighted by molar-refractivity contribution is 5.88. The van der Waals surface area contributed by atoms with Crippen LogP contribution < -0.4 is 0 Å². The first-order chi connectivity index (χ1) is 13.6. The molecule has 0 spiro atoms. The monoisotopic (exact) mass is 377 g/mol. The SMILES string of the molecule is CN(Cc1cnn(-c2ccccc2)c1)C(=O)C1(c2ccc(F)cc2)CCCC1. The molecule has 1 heterocycles. The minimum absolute atomic E-state index is 0.101. The Kier molecular flexibility index (Phi) is 4.99. The molecule has 0 bridgehead atoms. The van der Waals surface area contributed by atoms with E-state index in [2.05, 4.69) is 5.10 Å². The van der Waals surface area contributed by atoms with Crippen LogP contribution in [0.3, 0.4) is 0 Å². The molecule has 1 amide bonds. The molecule has 0 radical (unpaired) electrons. The number of halogens is 1. The average molecular weight is 377 g/mol. The first-order valence-electron chi connectivity index (χ1n) is 9.69. The zero-order valence-electron chi connectivity index (χ0n) is 16.0. The molecule has 4 rings (SSSR count). The van der Waals surface area contributed by atoms with E-state index >= 15 is 0 Å². The van der Waals surface area contributed by atoms with E-state index in [0.717, 1.165) is 42.5 Å². The number of carbonyl (C=O) groups excluding carboxylic acids is 1. The van der Waals surface area contributed by atoms with Gasteiger partial charge in [-0.3, -0.25) is 4.79 Å². The summed E-state index contributed by atoms with van der Waals surface area (Å²) in [6, 6.07) is 16.3. The molecular formula is C23H24FN3O. The predicted molar refractivity (Wildman–Crippen MR) is 107 cm³/mol. The highest BCUT2D eigenvalue weighted by Gasteiger charge is 2.44.